The molecule has 1 aromatic heterocycles. The molecule has 7 nitrogen and oxygen atoms in total. The molecule has 0 saturated carbocycles. The van der Waals surface area contributed by atoms with Crippen molar-refractivity contribution in [3.05, 3.63) is 77.0 Å². The van der Waals surface area contributed by atoms with E-state index in [0.717, 1.165) is 22.2 Å². The predicted molar refractivity (Wildman–Crippen MR) is 109 cm³/mol. The minimum atomic E-state index is -1.32. The fraction of sp³-hybridized carbons (Fsp3) is 0.182. The number of rotatable bonds is 8. The van der Waals surface area contributed by atoms with Gasteiger partial charge >= 0.3 is 11.9 Å². The van der Waals surface area contributed by atoms with Crippen molar-refractivity contribution < 1.29 is 25.0 Å². The number of hydrogen-bond acceptors (Lipinski definition) is 4. The van der Waals surface area contributed by atoms with Gasteiger partial charge in [-0.3, -0.25) is 0 Å². The molecule has 0 aliphatic rings. The Balaban J connectivity index is 1.65. The molecule has 150 valence electrons. The van der Waals surface area contributed by atoms with E-state index in [1.807, 2.05) is 25.1 Å². The molecule has 2 aromatic carbocycles. The number of aromatic amines is 1. The van der Waals surface area contributed by atoms with Crippen LogP contribution in [0.1, 0.15) is 22.4 Å². The second kappa shape index (κ2) is 8.72. The normalized spacial score (nSPS) is 11.9. The topological polar surface area (TPSA) is 114 Å². The maximum absolute atomic E-state index is 11.2. The van der Waals surface area contributed by atoms with Gasteiger partial charge in [-0.2, -0.15) is 5.06 Å². The van der Waals surface area contributed by atoms with Crippen LogP contribution in [0.3, 0.4) is 0 Å². The van der Waals surface area contributed by atoms with E-state index in [9.17, 15) is 14.8 Å². The highest BCUT2D eigenvalue weighted by Gasteiger charge is 2.13. The van der Waals surface area contributed by atoms with E-state index in [1.54, 1.807) is 12.1 Å². The third kappa shape index (κ3) is 4.90. The third-order valence-corrected chi connectivity index (χ3v) is 4.78. The zero-order chi connectivity index (χ0) is 21.0. The summed E-state index contributed by atoms with van der Waals surface area (Å²) in [6.07, 6.45) is 1.34. The van der Waals surface area contributed by atoms with Gasteiger partial charge in [-0.1, -0.05) is 42.5 Å². The maximum atomic E-state index is 11.2. The van der Waals surface area contributed by atoms with Crippen LogP contribution < -0.4 is 0 Å². The van der Waals surface area contributed by atoms with Crippen molar-refractivity contribution in [2.45, 2.75) is 19.9 Å². The summed E-state index contributed by atoms with van der Waals surface area (Å²) >= 11 is 0. The van der Waals surface area contributed by atoms with E-state index in [-0.39, 0.29) is 12.1 Å². The number of nitrogens with one attached hydrogen (secondary N) is 1. The highest BCUT2D eigenvalue weighted by molar-refractivity contribution is 6.19. The van der Waals surface area contributed by atoms with Gasteiger partial charge in [0.2, 0.25) is 0 Å². The molecule has 4 N–H and O–H groups in total. The molecule has 0 aliphatic carbocycles. The van der Waals surface area contributed by atoms with Crippen molar-refractivity contribution >= 4 is 28.4 Å². The molecule has 0 bridgehead atoms. The number of H-pyrrole nitrogens is 1. The molecule has 3 aromatic rings. The average Bonchev–Trinajstić information content (AvgIpc) is 3.00. The molecule has 0 atom stereocenters. The molecule has 1 heterocycles. The Morgan fingerprint density at radius 3 is 2.41 bits per heavy atom. The van der Waals surface area contributed by atoms with Crippen molar-refractivity contribution in [1.82, 2.24) is 10.0 Å². The zero-order valence-corrected chi connectivity index (χ0v) is 15.9. The largest absolute Gasteiger partial charge is 0.478 e. The monoisotopic (exact) mass is 394 g/mol. The highest BCUT2D eigenvalue weighted by atomic mass is 16.5. The van der Waals surface area contributed by atoms with Crippen LogP contribution in [0.4, 0.5) is 0 Å². The SMILES string of the molecule is Cc1[nH]c2ccccc2c1CCN(O)Cc1ccc(/C(=C\C(=O)O)C(=O)O)cc1. The van der Waals surface area contributed by atoms with Gasteiger partial charge in [-0.15, -0.1) is 0 Å². The summed E-state index contributed by atoms with van der Waals surface area (Å²) in [6, 6.07) is 14.5. The number of carboxylic acid groups (broad SMARTS) is 2. The third-order valence-electron chi connectivity index (χ3n) is 4.78. The first-order chi connectivity index (χ1) is 13.8. The van der Waals surface area contributed by atoms with Gasteiger partial charge in [-0.25, -0.2) is 9.59 Å². The predicted octanol–water partition coefficient (Wildman–Crippen LogP) is 3.46. The van der Waals surface area contributed by atoms with Crippen molar-refractivity contribution in [1.29, 1.82) is 0 Å². The summed E-state index contributed by atoms with van der Waals surface area (Å²) < 4.78 is 0. The molecule has 3 rings (SSSR count). The second-order valence-electron chi connectivity index (χ2n) is 6.81. The Morgan fingerprint density at radius 2 is 1.76 bits per heavy atom. The summed E-state index contributed by atoms with van der Waals surface area (Å²) in [5, 5.41) is 30.6. The molecule has 29 heavy (non-hydrogen) atoms. The minimum Gasteiger partial charge on any atom is -0.478 e. The van der Waals surface area contributed by atoms with Gasteiger partial charge in [0.1, 0.15) is 0 Å². The Hall–Kier alpha value is -3.42. The lowest BCUT2D eigenvalue weighted by Gasteiger charge is -2.15. The number of hydroxylamine groups is 2. The van der Waals surface area contributed by atoms with Crippen LogP contribution in [0.25, 0.3) is 16.5 Å². The van der Waals surface area contributed by atoms with Crippen molar-refractivity contribution in [2.75, 3.05) is 6.54 Å². The number of carbonyl (C=O) groups is 2. The van der Waals surface area contributed by atoms with Crippen LogP contribution in [-0.2, 0) is 22.6 Å². The molecule has 0 unspecified atom stereocenters. The molecular weight excluding hydrogens is 372 g/mol. The number of fused-ring (bicyclic) bond motifs is 1. The van der Waals surface area contributed by atoms with Crippen LogP contribution in [0.5, 0.6) is 0 Å². The summed E-state index contributed by atoms with van der Waals surface area (Å²) in [5.74, 6) is -2.63. The molecule has 0 amide bonds. The molecule has 0 radical (unpaired) electrons. The second-order valence-corrected chi connectivity index (χ2v) is 6.81. The average molecular weight is 394 g/mol. The molecule has 0 aliphatic heterocycles. The van der Waals surface area contributed by atoms with Crippen LogP contribution in [0.2, 0.25) is 0 Å². The maximum Gasteiger partial charge on any atom is 0.336 e. The van der Waals surface area contributed by atoms with E-state index in [4.69, 9.17) is 10.2 Å². The Bertz CT molecular complexity index is 1070. The van der Waals surface area contributed by atoms with Gasteiger partial charge in [0, 0.05) is 35.8 Å². The van der Waals surface area contributed by atoms with Gasteiger partial charge in [0.25, 0.3) is 0 Å². The molecule has 0 saturated heterocycles. The van der Waals surface area contributed by atoms with Crippen molar-refractivity contribution in [3.63, 3.8) is 0 Å². The number of carboxylic acids is 2. The quantitative estimate of drug-likeness (QED) is 0.344. The Labute approximate surface area is 167 Å². The first-order valence-electron chi connectivity index (χ1n) is 9.12. The van der Waals surface area contributed by atoms with Gasteiger partial charge in [-0.05, 0) is 36.1 Å². The fourth-order valence-electron chi connectivity index (χ4n) is 3.37. The van der Waals surface area contributed by atoms with Crippen molar-refractivity contribution in [3.8, 4) is 0 Å². The van der Waals surface area contributed by atoms with Crippen LogP contribution >= 0.6 is 0 Å². The first-order valence-corrected chi connectivity index (χ1v) is 9.12. The van der Waals surface area contributed by atoms with Gasteiger partial charge in [0.05, 0.1) is 5.57 Å². The molecule has 0 spiro atoms. The number of benzene rings is 2. The molecular formula is C22H22N2O5. The first kappa shape index (κ1) is 20.3. The number of aromatic nitrogens is 1. The van der Waals surface area contributed by atoms with E-state index in [1.165, 1.54) is 22.8 Å². The summed E-state index contributed by atoms with van der Waals surface area (Å²) in [7, 11) is 0. The number of hydrogen-bond donors (Lipinski definition) is 4. The van der Waals surface area contributed by atoms with Gasteiger partial charge in [0.15, 0.2) is 0 Å². The lowest BCUT2D eigenvalue weighted by Crippen LogP contribution is -2.21. The Morgan fingerprint density at radius 1 is 1.07 bits per heavy atom. The lowest BCUT2D eigenvalue weighted by atomic mass is 10.0. The summed E-state index contributed by atoms with van der Waals surface area (Å²) in [4.78, 5) is 25.4. The van der Waals surface area contributed by atoms with E-state index in [2.05, 4.69) is 11.1 Å². The zero-order valence-electron chi connectivity index (χ0n) is 15.9. The van der Waals surface area contributed by atoms with Crippen LogP contribution in [0.15, 0.2) is 54.6 Å². The smallest absolute Gasteiger partial charge is 0.336 e. The van der Waals surface area contributed by atoms with Crippen molar-refractivity contribution in [2.24, 2.45) is 0 Å². The fourth-order valence-corrected chi connectivity index (χ4v) is 3.37. The minimum absolute atomic E-state index is 0.271. The number of aryl methyl sites for hydroxylation is 1. The number of para-hydroxylation sites is 1. The van der Waals surface area contributed by atoms with Crippen LogP contribution in [-0.4, -0.2) is 44.0 Å². The van der Waals surface area contributed by atoms with E-state index < -0.39 is 11.9 Å². The summed E-state index contributed by atoms with van der Waals surface area (Å²) in [5.41, 5.74) is 4.10. The van der Waals surface area contributed by atoms with E-state index in [0.29, 0.717) is 24.6 Å². The van der Waals surface area contributed by atoms with Gasteiger partial charge < -0.3 is 20.4 Å². The Kier molecular flexibility index (Phi) is 6.11. The summed E-state index contributed by atoms with van der Waals surface area (Å²) in [6.45, 7) is 2.72. The van der Waals surface area contributed by atoms with Crippen LogP contribution in [0, 0.1) is 6.92 Å². The molecule has 0 fully saturated rings. The van der Waals surface area contributed by atoms with E-state index >= 15 is 0 Å². The lowest BCUT2D eigenvalue weighted by molar-refractivity contribution is -0.133. The highest BCUT2D eigenvalue weighted by Crippen LogP contribution is 2.22. The number of aliphatic carboxylic acids is 2. The number of nitrogens with zero attached hydrogens (tertiary/aromatic N) is 1. The standard InChI is InChI=1S/C22H22N2O5/c1-14-17(18-4-2-3-5-20(18)23-14)10-11-24(29)13-15-6-8-16(9-7-15)19(22(27)28)12-21(25)26/h2-9,12,23,29H,10-11,13H2,1H3,(H,25,26)(H,27,28)/b19-12+. The molecule has 7 heteroatoms.